The molecule has 1 N–H and O–H groups in total. The number of rotatable bonds is 16. The fourth-order valence-corrected chi connectivity index (χ4v) is 7.00. The van der Waals surface area contributed by atoms with Crippen molar-refractivity contribution in [3.63, 3.8) is 0 Å². The van der Waals surface area contributed by atoms with Crippen LogP contribution in [0.4, 0.5) is 39.8 Å². The van der Waals surface area contributed by atoms with Gasteiger partial charge in [-0.05, 0) is 176 Å². The van der Waals surface area contributed by atoms with E-state index in [0.717, 1.165) is 62.5 Å². The molecule has 0 heterocycles. The Kier molecular flexibility index (Phi) is 13.6. The average molecular weight is 815 g/mol. The van der Waals surface area contributed by atoms with Crippen LogP contribution in [0, 0.1) is 17.9 Å². The molecule has 8 heteroatoms. The Bertz CT molecular complexity index is 2660. The van der Waals surface area contributed by atoms with Crippen LogP contribution >= 0.6 is 0 Å². The van der Waals surface area contributed by atoms with Crippen molar-refractivity contribution in [1.82, 2.24) is 0 Å². The molecule has 8 nitrogen and oxygen atoms in total. The van der Waals surface area contributed by atoms with Gasteiger partial charge in [-0.1, -0.05) is 48.6 Å². The SMILES string of the molecule is [C-]#[N+]c1cc(C=Cc2ccc(N(c3ccc(OCC)cc3)c3ccc(OCC)cc3)cc2)c(C#N)cc1C=Cc1ccc(N(c2ccc(O)cc2)c2ccc(OCC)cc2)cc1. The minimum absolute atomic E-state index is 0.193. The zero-order chi connectivity index (χ0) is 43.3. The Balaban J connectivity index is 1.10. The van der Waals surface area contributed by atoms with Crippen LogP contribution in [0.15, 0.2) is 158 Å². The molecule has 0 atom stereocenters. The van der Waals surface area contributed by atoms with Crippen molar-refractivity contribution in [2.24, 2.45) is 0 Å². The molecule has 0 unspecified atom stereocenters. The molecule has 0 fully saturated rings. The number of nitrogens with zero attached hydrogens (tertiary/aromatic N) is 4. The lowest BCUT2D eigenvalue weighted by Gasteiger charge is -2.26. The summed E-state index contributed by atoms with van der Waals surface area (Å²) < 4.78 is 17.0. The molecule has 0 amide bonds. The number of phenolic OH excluding ortho intramolecular Hbond substituents is 1. The normalized spacial score (nSPS) is 10.9. The van der Waals surface area contributed by atoms with Gasteiger partial charge < -0.3 is 29.1 Å². The maximum atomic E-state index is 10.2. The molecule has 0 radical (unpaired) electrons. The highest BCUT2D eigenvalue weighted by Gasteiger charge is 2.15. The Morgan fingerprint density at radius 3 is 1.18 bits per heavy atom. The van der Waals surface area contributed by atoms with Gasteiger partial charge >= 0.3 is 0 Å². The van der Waals surface area contributed by atoms with E-state index >= 15 is 0 Å². The van der Waals surface area contributed by atoms with Gasteiger partial charge in [-0.3, -0.25) is 0 Å². The second-order valence-corrected chi connectivity index (χ2v) is 14.0. The van der Waals surface area contributed by atoms with Crippen molar-refractivity contribution >= 4 is 64.1 Å². The second-order valence-electron chi connectivity index (χ2n) is 14.0. The zero-order valence-electron chi connectivity index (χ0n) is 34.9. The molecule has 0 saturated heterocycles. The summed E-state index contributed by atoms with van der Waals surface area (Å²) in [7, 11) is 0. The van der Waals surface area contributed by atoms with E-state index in [1.807, 2.05) is 166 Å². The minimum atomic E-state index is 0.193. The van der Waals surface area contributed by atoms with Gasteiger partial charge in [0, 0.05) is 34.1 Å². The average Bonchev–Trinajstić information content (AvgIpc) is 3.31. The molecule has 7 rings (SSSR count). The molecular weight excluding hydrogens is 769 g/mol. The summed E-state index contributed by atoms with van der Waals surface area (Å²) in [6.45, 7) is 15.7. The largest absolute Gasteiger partial charge is 0.508 e. The van der Waals surface area contributed by atoms with Crippen molar-refractivity contribution < 1.29 is 19.3 Å². The first kappa shape index (κ1) is 41.9. The number of hydrogen-bond donors (Lipinski definition) is 1. The molecular formula is C54H46N4O4. The lowest BCUT2D eigenvalue weighted by atomic mass is 10.0. The summed E-state index contributed by atoms with van der Waals surface area (Å²) in [5.74, 6) is 2.61. The van der Waals surface area contributed by atoms with Crippen LogP contribution in [0.2, 0.25) is 0 Å². The molecule has 0 aromatic heterocycles. The molecule has 0 aliphatic heterocycles. The highest BCUT2D eigenvalue weighted by atomic mass is 16.5. The van der Waals surface area contributed by atoms with Crippen molar-refractivity contribution in [3.05, 3.63) is 197 Å². The summed E-state index contributed by atoms with van der Waals surface area (Å²) in [5, 5.41) is 20.1. The maximum Gasteiger partial charge on any atom is 0.194 e. The first-order valence-corrected chi connectivity index (χ1v) is 20.5. The fourth-order valence-electron chi connectivity index (χ4n) is 7.00. The van der Waals surface area contributed by atoms with Crippen LogP contribution in [-0.2, 0) is 0 Å². The third-order valence-corrected chi connectivity index (χ3v) is 9.98. The van der Waals surface area contributed by atoms with Crippen molar-refractivity contribution in [2.45, 2.75) is 20.8 Å². The summed E-state index contributed by atoms with van der Waals surface area (Å²) in [6, 6.07) is 53.2. The Labute approximate surface area is 363 Å². The summed E-state index contributed by atoms with van der Waals surface area (Å²) in [5.41, 5.74) is 9.79. The molecule has 7 aromatic rings. The Morgan fingerprint density at radius 1 is 0.500 bits per heavy atom. The van der Waals surface area contributed by atoms with Crippen molar-refractivity contribution in [3.8, 4) is 29.1 Å². The van der Waals surface area contributed by atoms with E-state index in [1.165, 1.54) is 0 Å². The van der Waals surface area contributed by atoms with Crippen LogP contribution in [0.1, 0.15) is 48.6 Å². The monoisotopic (exact) mass is 814 g/mol. The standard InChI is InChI=1S/C54H46N4O4/c1-5-60-51-30-22-47(23-31-51)57(46-20-28-50(59)29-21-46)44-18-12-40(13-19-44)9-15-42-36-43(38-55)41(37-54(42)56-4)14-8-39-10-16-45(17-11-39)58(48-24-32-52(33-25-48)61-6-2)49-26-34-53(35-27-49)62-7-3/h8-37,59H,5-7H2,1-3H3. The van der Waals surface area contributed by atoms with Gasteiger partial charge in [0.25, 0.3) is 0 Å². The topological polar surface area (TPSA) is 82.6 Å². The molecule has 0 spiro atoms. The summed E-state index contributed by atoms with van der Waals surface area (Å²) >= 11 is 0. The number of aromatic hydroxyl groups is 1. The van der Waals surface area contributed by atoms with Gasteiger partial charge in [-0.2, -0.15) is 5.26 Å². The second kappa shape index (κ2) is 20.2. The van der Waals surface area contributed by atoms with Crippen LogP contribution < -0.4 is 24.0 Å². The van der Waals surface area contributed by atoms with E-state index in [9.17, 15) is 10.4 Å². The Hall–Kier alpha value is -8.20. The summed E-state index contributed by atoms with van der Waals surface area (Å²) in [4.78, 5) is 8.09. The predicted molar refractivity (Wildman–Crippen MR) is 253 cm³/mol. The third kappa shape index (κ3) is 10.1. The third-order valence-electron chi connectivity index (χ3n) is 9.98. The van der Waals surface area contributed by atoms with Crippen LogP contribution in [0.5, 0.6) is 23.0 Å². The molecule has 0 bridgehead atoms. The van der Waals surface area contributed by atoms with E-state index in [-0.39, 0.29) is 5.75 Å². The number of benzene rings is 7. The molecule has 7 aromatic carbocycles. The maximum absolute atomic E-state index is 10.2. The molecule has 0 aliphatic carbocycles. The predicted octanol–water partition coefficient (Wildman–Crippen LogP) is 14.3. The van der Waals surface area contributed by atoms with Gasteiger partial charge in [-0.25, -0.2) is 4.85 Å². The smallest absolute Gasteiger partial charge is 0.194 e. The lowest BCUT2D eigenvalue weighted by Crippen LogP contribution is -2.10. The van der Waals surface area contributed by atoms with Gasteiger partial charge in [0.05, 0.1) is 38.0 Å². The highest BCUT2D eigenvalue weighted by molar-refractivity contribution is 5.84. The van der Waals surface area contributed by atoms with E-state index in [1.54, 1.807) is 24.3 Å². The molecule has 0 aliphatic rings. The minimum Gasteiger partial charge on any atom is -0.508 e. The van der Waals surface area contributed by atoms with E-state index in [2.05, 4.69) is 32.8 Å². The zero-order valence-corrected chi connectivity index (χ0v) is 34.9. The number of anilines is 6. The first-order valence-electron chi connectivity index (χ1n) is 20.5. The van der Waals surface area contributed by atoms with Gasteiger partial charge in [0.15, 0.2) is 5.69 Å². The quantitative estimate of drug-likeness (QED) is 0.0768. The molecule has 306 valence electrons. The molecule has 62 heavy (non-hydrogen) atoms. The number of phenols is 1. The van der Waals surface area contributed by atoms with Crippen LogP contribution in [0.25, 0.3) is 29.1 Å². The van der Waals surface area contributed by atoms with Crippen LogP contribution in [0.3, 0.4) is 0 Å². The fraction of sp³-hybridized carbons (Fsp3) is 0.111. The highest BCUT2D eigenvalue weighted by Crippen LogP contribution is 2.38. The van der Waals surface area contributed by atoms with Crippen LogP contribution in [-0.4, -0.2) is 24.9 Å². The van der Waals surface area contributed by atoms with E-state index < -0.39 is 0 Å². The van der Waals surface area contributed by atoms with Crippen molar-refractivity contribution in [1.29, 1.82) is 5.26 Å². The summed E-state index contributed by atoms with van der Waals surface area (Å²) in [6.07, 6.45) is 7.66. The number of ether oxygens (including phenoxy) is 3. The van der Waals surface area contributed by atoms with E-state index in [4.69, 9.17) is 20.8 Å². The lowest BCUT2D eigenvalue weighted by molar-refractivity contribution is 0.340. The molecule has 0 saturated carbocycles. The van der Waals surface area contributed by atoms with Gasteiger partial charge in [-0.15, -0.1) is 0 Å². The van der Waals surface area contributed by atoms with Gasteiger partial charge in [0.1, 0.15) is 23.0 Å². The number of hydrogen-bond acceptors (Lipinski definition) is 7. The van der Waals surface area contributed by atoms with E-state index in [0.29, 0.717) is 42.2 Å². The Morgan fingerprint density at radius 2 is 0.839 bits per heavy atom. The van der Waals surface area contributed by atoms with Gasteiger partial charge in [0.2, 0.25) is 0 Å². The number of nitriles is 1. The first-order chi connectivity index (χ1) is 30.4. The van der Waals surface area contributed by atoms with Crippen molar-refractivity contribution in [2.75, 3.05) is 29.6 Å².